The van der Waals surface area contributed by atoms with E-state index in [0.717, 1.165) is 0 Å². The molecule has 1 aromatic heterocycles. The number of nitrogens with zero attached hydrogens (tertiary/aromatic N) is 3. The second kappa shape index (κ2) is 6.21. The Bertz CT molecular complexity index is 469. The van der Waals surface area contributed by atoms with Gasteiger partial charge in [0, 0.05) is 20.1 Å². The van der Waals surface area contributed by atoms with Crippen molar-refractivity contribution in [3.8, 4) is 0 Å². The van der Waals surface area contributed by atoms with E-state index in [1.807, 2.05) is 13.8 Å². The highest BCUT2D eigenvalue weighted by Gasteiger charge is 2.22. The van der Waals surface area contributed by atoms with Gasteiger partial charge in [0.25, 0.3) is 5.91 Å². The van der Waals surface area contributed by atoms with Crippen LogP contribution in [-0.2, 0) is 11.3 Å². The van der Waals surface area contributed by atoms with Gasteiger partial charge in [0.15, 0.2) is 0 Å². The third-order valence-electron chi connectivity index (χ3n) is 2.95. The summed E-state index contributed by atoms with van der Waals surface area (Å²) in [5, 5.41) is 6.64. The first-order valence-electron chi connectivity index (χ1n) is 6.29. The molecular formula is C12H21N5O2. The van der Waals surface area contributed by atoms with E-state index >= 15 is 0 Å². The summed E-state index contributed by atoms with van der Waals surface area (Å²) in [5.41, 5.74) is 6.32. The van der Waals surface area contributed by atoms with Gasteiger partial charge in [0.05, 0.1) is 11.9 Å². The largest absolute Gasteiger partial charge is 0.396 e. The van der Waals surface area contributed by atoms with Crippen LogP contribution in [-0.4, -0.2) is 46.1 Å². The average molecular weight is 267 g/mol. The van der Waals surface area contributed by atoms with Crippen molar-refractivity contribution in [2.75, 3.05) is 19.3 Å². The SMILES string of the molecule is CCN(C)C(=O)C(C)NC(=O)c1c(N)cnn1CC. The zero-order valence-electron chi connectivity index (χ0n) is 11.8. The molecule has 0 saturated carbocycles. The molecule has 1 rings (SSSR count). The monoisotopic (exact) mass is 267 g/mol. The van der Waals surface area contributed by atoms with Gasteiger partial charge in [-0.1, -0.05) is 0 Å². The second-order valence-corrected chi connectivity index (χ2v) is 4.31. The fourth-order valence-corrected chi connectivity index (χ4v) is 1.70. The molecule has 2 amide bonds. The quantitative estimate of drug-likeness (QED) is 0.790. The van der Waals surface area contributed by atoms with Crippen LogP contribution in [0.5, 0.6) is 0 Å². The van der Waals surface area contributed by atoms with Crippen LogP contribution in [0.2, 0.25) is 0 Å². The molecule has 19 heavy (non-hydrogen) atoms. The lowest BCUT2D eigenvalue weighted by Gasteiger charge is -2.20. The van der Waals surface area contributed by atoms with Gasteiger partial charge in [0.2, 0.25) is 5.91 Å². The highest BCUT2D eigenvalue weighted by atomic mass is 16.2. The number of carbonyl (C=O) groups is 2. The van der Waals surface area contributed by atoms with Gasteiger partial charge in [-0.15, -0.1) is 0 Å². The molecule has 0 bridgehead atoms. The number of hydrogen-bond acceptors (Lipinski definition) is 4. The number of anilines is 1. The summed E-state index contributed by atoms with van der Waals surface area (Å²) >= 11 is 0. The zero-order valence-corrected chi connectivity index (χ0v) is 11.8. The lowest BCUT2D eigenvalue weighted by atomic mass is 10.2. The molecule has 0 aliphatic carbocycles. The maximum absolute atomic E-state index is 12.1. The van der Waals surface area contributed by atoms with Gasteiger partial charge in [-0.3, -0.25) is 14.3 Å². The van der Waals surface area contributed by atoms with Crippen molar-refractivity contribution in [1.29, 1.82) is 0 Å². The molecule has 0 aliphatic heterocycles. The molecular weight excluding hydrogens is 246 g/mol. The van der Waals surface area contributed by atoms with Crippen LogP contribution in [0.4, 0.5) is 5.69 Å². The molecule has 3 N–H and O–H groups in total. The molecule has 1 atom stereocenters. The number of carbonyl (C=O) groups excluding carboxylic acids is 2. The summed E-state index contributed by atoms with van der Waals surface area (Å²) in [6.45, 7) is 6.51. The van der Waals surface area contributed by atoms with Gasteiger partial charge in [-0.05, 0) is 20.8 Å². The van der Waals surface area contributed by atoms with E-state index in [-0.39, 0.29) is 11.8 Å². The van der Waals surface area contributed by atoms with Crippen molar-refractivity contribution in [2.24, 2.45) is 0 Å². The average Bonchev–Trinajstić information content (AvgIpc) is 2.77. The second-order valence-electron chi connectivity index (χ2n) is 4.31. The predicted molar refractivity (Wildman–Crippen MR) is 72.6 cm³/mol. The van der Waals surface area contributed by atoms with Crippen molar-refractivity contribution in [3.63, 3.8) is 0 Å². The molecule has 0 aromatic carbocycles. The molecule has 0 spiro atoms. The Labute approximate surface area is 112 Å². The topological polar surface area (TPSA) is 93.2 Å². The van der Waals surface area contributed by atoms with Crippen molar-refractivity contribution >= 4 is 17.5 Å². The van der Waals surface area contributed by atoms with E-state index in [0.29, 0.717) is 24.5 Å². The minimum Gasteiger partial charge on any atom is -0.396 e. The Morgan fingerprint density at radius 1 is 1.53 bits per heavy atom. The van der Waals surface area contributed by atoms with E-state index in [1.54, 1.807) is 18.9 Å². The first-order valence-corrected chi connectivity index (χ1v) is 6.29. The third kappa shape index (κ3) is 3.24. The Morgan fingerprint density at radius 3 is 2.68 bits per heavy atom. The molecule has 0 saturated heterocycles. The van der Waals surface area contributed by atoms with Crippen LogP contribution in [0.25, 0.3) is 0 Å². The first-order chi connectivity index (χ1) is 8.92. The smallest absolute Gasteiger partial charge is 0.272 e. The number of nitrogens with one attached hydrogen (secondary N) is 1. The Balaban J connectivity index is 2.80. The van der Waals surface area contributed by atoms with Gasteiger partial charge in [0.1, 0.15) is 11.7 Å². The molecule has 1 heterocycles. The standard InChI is InChI=1S/C12H21N5O2/c1-5-16(4)12(19)8(3)15-11(18)10-9(13)7-14-17(10)6-2/h7-8H,5-6,13H2,1-4H3,(H,15,18). The maximum Gasteiger partial charge on any atom is 0.272 e. The maximum atomic E-state index is 12.1. The van der Waals surface area contributed by atoms with E-state index in [2.05, 4.69) is 10.4 Å². The van der Waals surface area contributed by atoms with Crippen LogP contribution in [0.1, 0.15) is 31.3 Å². The molecule has 0 fully saturated rings. The summed E-state index contributed by atoms with van der Waals surface area (Å²) in [6.07, 6.45) is 1.43. The van der Waals surface area contributed by atoms with Gasteiger partial charge >= 0.3 is 0 Å². The van der Waals surface area contributed by atoms with E-state index in [9.17, 15) is 9.59 Å². The Hall–Kier alpha value is -2.05. The van der Waals surface area contributed by atoms with Gasteiger partial charge < -0.3 is 16.0 Å². The number of rotatable bonds is 5. The van der Waals surface area contributed by atoms with Crippen LogP contribution < -0.4 is 11.1 Å². The minimum atomic E-state index is -0.600. The highest BCUT2D eigenvalue weighted by Crippen LogP contribution is 2.10. The first kappa shape index (κ1) is 15.0. The molecule has 7 nitrogen and oxygen atoms in total. The van der Waals surface area contributed by atoms with Crippen LogP contribution >= 0.6 is 0 Å². The summed E-state index contributed by atoms with van der Waals surface area (Å²) in [7, 11) is 1.69. The van der Waals surface area contributed by atoms with Crippen molar-refractivity contribution in [2.45, 2.75) is 33.4 Å². The molecule has 1 unspecified atom stereocenters. The summed E-state index contributed by atoms with van der Waals surface area (Å²) in [6, 6.07) is -0.600. The Kier molecular flexibility index (Phi) is 4.91. The van der Waals surface area contributed by atoms with Crippen LogP contribution in [0.15, 0.2) is 6.20 Å². The molecule has 106 valence electrons. The predicted octanol–water partition coefficient (Wildman–Crippen LogP) is 0.0818. The minimum absolute atomic E-state index is 0.142. The summed E-state index contributed by atoms with van der Waals surface area (Å²) in [4.78, 5) is 25.5. The Morgan fingerprint density at radius 2 is 2.16 bits per heavy atom. The fourth-order valence-electron chi connectivity index (χ4n) is 1.70. The van der Waals surface area contributed by atoms with Gasteiger partial charge in [-0.25, -0.2) is 0 Å². The lowest BCUT2D eigenvalue weighted by Crippen LogP contribution is -2.46. The fraction of sp³-hybridized carbons (Fsp3) is 0.583. The number of aryl methyl sites for hydroxylation is 1. The lowest BCUT2D eigenvalue weighted by molar-refractivity contribution is -0.131. The summed E-state index contributed by atoms with van der Waals surface area (Å²) < 4.78 is 1.51. The number of amides is 2. The van der Waals surface area contributed by atoms with Crippen molar-refractivity contribution < 1.29 is 9.59 Å². The van der Waals surface area contributed by atoms with E-state index < -0.39 is 6.04 Å². The highest BCUT2D eigenvalue weighted by molar-refractivity contribution is 5.99. The summed E-state index contributed by atoms with van der Waals surface area (Å²) in [5.74, 6) is -0.529. The number of likely N-dealkylation sites (N-methyl/N-ethyl adjacent to an activating group) is 1. The zero-order chi connectivity index (χ0) is 14.6. The third-order valence-corrected chi connectivity index (χ3v) is 2.95. The van der Waals surface area contributed by atoms with Crippen LogP contribution in [0, 0.1) is 0 Å². The molecule has 0 aliphatic rings. The molecule has 7 heteroatoms. The van der Waals surface area contributed by atoms with Crippen molar-refractivity contribution in [3.05, 3.63) is 11.9 Å². The molecule has 1 aromatic rings. The van der Waals surface area contributed by atoms with Gasteiger partial charge in [-0.2, -0.15) is 5.10 Å². The number of nitrogens with two attached hydrogens (primary N) is 1. The van der Waals surface area contributed by atoms with E-state index in [1.165, 1.54) is 10.9 Å². The molecule has 0 radical (unpaired) electrons. The number of nitrogen functional groups attached to an aromatic ring is 1. The normalized spacial score (nSPS) is 12.0. The number of hydrogen-bond donors (Lipinski definition) is 2. The van der Waals surface area contributed by atoms with E-state index in [4.69, 9.17) is 5.73 Å². The van der Waals surface area contributed by atoms with Crippen LogP contribution in [0.3, 0.4) is 0 Å². The van der Waals surface area contributed by atoms with Crippen molar-refractivity contribution in [1.82, 2.24) is 20.0 Å². The number of aromatic nitrogens is 2.